The highest BCUT2D eigenvalue weighted by atomic mass is 35.5. The van der Waals surface area contributed by atoms with Crippen LogP contribution in [0, 0.1) is 0 Å². The molecule has 1 aromatic heterocycles. The van der Waals surface area contributed by atoms with Gasteiger partial charge in [-0.15, -0.1) is 0 Å². The molecule has 5 nitrogen and oxygen atoms in total. The molecule has 0 amide bonds. The minimum absolute atomic E-state index is 0.117. The molecule has 1 aromatic carbocycles. The van der Waals surface area contributed by atoms with Crippen molar-refractivity contribution >= 4 is 38.2 Å². The molecule has 0 aliphatic rings. The van der Waals surface area contributed by atoms with Crippen LogP contribution in [0.4, 0.5) is 0 Å². The molecule has 0 saturated carbocycles. The summed E-state index contributed by atoms with van der Waals surface area (Å²) >= 11 is 5.97. The second-order valence-electron chi connectivity index (χ2n) is 4.46. The quantitative estimate of drug-likeness (QED) is 0.909. The Labute approximate surface area is 123 Å². The normalized spacial score (nSPS) is 12.2. The lowest BCUT2D eigenvalue weighted by molar-refractivity contribution is 0.487. The highest BCUT2D eigenvalue weighted by Gasteiger charge is 2.28. The van der Waals surface area contributed by atoms with Gasteiger partial charge in [0.1, 0.15) is 4.90 Å². The fourth-order valence-corrected chi connectivity index (χ4v) is 3.67. The molecule has 0 radical (unpaired) electrons. The molecule has 3 N–H and O–H groups in total. The summed E-state index contributed by atoms with van der Waals surface area (Å²) in [6, 6.07) is 5.01. The number of H-pyrrole nitrogens is 1. The van der Waals surface area contributed by atoms with E-state index in [1.807, 2.05) is 0 Å². The van der Waals surface area contributed by atoms with E-state index in [9.17, 15) is 8.42 Å². The molecule has 0 fully saturated rings. The summed E-state index contributed by atoms with van der Waals surface area (Å²) in [6.07, 6.45) is 0. The Kier molecular flexibility index (Phi) is 3.82. The molecule has 20 heavy (non-hydrogen) atoms. The number of nitrogens with zero attached hydrogens (tertiary/aromatic N) is 1. The Bertz CT molecular complexity index is 780. The molecule has 0 aliphatic carbocycles. The molecule has 0 spiro atoms. The van der Waals surface area contributed by atoms with Crippen molar-refractivity contribution < 1.29 is 8.42 Å². The van der Waals surface area contributed by atoms with Gasteiger partial charge in [0, 0.05) is 35.2 Å². The third kappa shape index (κ3) is 2.30. The van der Waals surface area contributed by atoms with E-state index >= 15 is 0 Å². The SMILES string of the molecule is C=C(N)c1[nH]c2ccc(Cl)cc2c1S(=O)(=O)N(C)CC. The van der Waals surface area contributed by atoms with Crippen molar-refractivity contribution in [2.24, 2.45) is 5.73 Å². The Morgan fingerprint density at radius 2 is 2.15 bits per heavy atom. The molecule has 1 heterocycles. The zero-order valence-corrected chi connectivity index (χ0v) is 12.8. The van der Waals surface area contributed by atoms with Crippen LogP contribution in [0.15, 0.2) is 29.7 Å². The van der Waals surface area contributed by atoms with E-state index in [1.54, 1.807) is 25.1 Å². The fraction of sp³-hybridized carbons (Fsp3) is 0.231. The van der Waals surface area contributed by atoms with E-state index in [-0.39, 0.29) is 10.6 Å². The first-order chi connectivity index (χ1) is 9.28. The molecule has 108 valence electrons. The second kappa shape index (κ2) is 5.12. The summed E-state index contributed by atoms with van der Waals surface area (Å²) in [7, 11) is -2.15. The molecule has 7 heteroatoms. The van der Waals surface area contributed by atoms with Crippen LogP contribution in [-0.2, 0) is 10.0 Å². The Balaban J connectivity index is 2.88. The number of aromatic nitrogens is 1. The summed E-state index contributed by atoms with van der Waals surface area (Å²) in [5, 5.41) is 0.973. The third-order valence-corrected chi connectivity index (χ3v) is 5.40. The predicted molar refractivity (Wildman–Crippen MR) is 82.0 cm³/mol. The van der Waals surface area contributed by atoms with Gasteiger partial charge in [0.15, 0.2) is 0 Å². The Hall–Kier alpha value is -1.50. The molecule has 2 aromatic rings. The maximum atomic E-state index is 12.6. The lowest BCUT2D eigenvalue weighted by atomic mass is 10.2. The van der Waals surface area contributed by atoms with Crippen molar-refractivity contribution in [3.63, 3.8) is 0 Å². The van der Waals surface area contributed by atoms with Crippen molar-refractivity contribution in [3.05, 3.63) is 35.5 Å². The zero-order valence-electron chi connectivity index (χ0n) is 11.3. The van der Waals surface area contributed by atoms with Crippen molar-refractivity contribution in [2.75, 3.05) is 13.6 Å². The maximum absolute atomic E-state index is 12.6. The number of sulfonamides is 1. The largest absolute Gasteiger partial charge is 0.397 e. The number of nitrogens with one attached hydrogen (secondary N) is 1. The molecule has 0 aliphatic heterocycles. The van der Waals surface area contributed by atoms with Crippen LogP contribution in [0.2, 0.25) is 5.02 Å². The van der Waals surface area contributed by atoms with Gasteiger partial charge in [0.05, 0.1) is 5.69 Å². The minimum Gasteiger partial charge on any atom is -0.397 e. The average molecular weight is 314 g/mol. The lowest BCUT2D eigenvalue weighted by Gasteiger charge is -2.15. The first kappa shape index (κ1) is 14.9. The van der Waals surface area contributed by atoms with Crippen LogP contribution in [0.3, 0.4) is 0 Å². The average Bonchev–Trinajstić information content (AvgIpc) is 2.76. The molecular formula is C13H16ClN3O2S. The van der Waals surface area contributed by atoms with Gasteiger partial charge >= 0.3 is 0 Å². The summed E-state index contributed by atoms with van der Waals surface area (Å²) in [5.41, 5.74) is 6.84. The van der Waals surface area contributed by atoms with E-state index < -0.39 is 10.0 Å². The number of nitrogens with two attached hydrogens (primary N) is 1. The molecular weight excluding hydrogens is 298 g/mol. The van der Waals surface area contributed by atoms with E-state index in [0.717, 1.165) is 0 Å². The zero-order chi connectivity index (χ0) is 15.1. The van der Waals surface area contributed by atoms with Crippen molar-refractivity contribution in [2.45, 2.75) is 11.8 Å². The van der Waals surface area contributed by atoms with E-state index in [0.29, 0.717) is 28.2 Å². The summed E-state index contributed by atoms with van der Waals surface area (Å²) in [4.78, 5) is 3.10. The number of halogens is 1. The van der Waals surface area contributed by atoms with Gasteiger partial charge < -0.3 is 10.7 Å². The number of benzene rings is 1. The van der Waals surface area contributed by atoms with Crippen LogP contribution in [0.1, 0.15) is 12.6 Å². The standard InChI is InChI=1S/C13H16ClN3O2S/c1-4-17(3)20(18,19)13-10-7-9(14)5-6-11(10)16-12(13)8(2)15/h5-7,16H,2,4,15H2,1,3H3. The Morgan fingerprint density at radius 1 is 1.50 bits per heavy atom. The molecule has 2 rings (SSSR count). The molecule has 0 saturated heterocycles. The van der Waals surface area contributed by atoms with Gasteiger partial charge in [-0.1, -0.05) is 25.1 Å². The van der Waals surface area contributed by atoms with Gasteiger partial charge in [-0.05, 0) is 18.2 Å². The first-order valence-corrected chi connectivity index (χ1v) is 7.83. The van der Waals surface area contributed by atoms with Crippen molar-refractivity contribution in [1.29, 1.82) is 0 Å². The molecule has 0 unspecified atom stereocenters. The number of hydrogen-bond donors (Lipinski definition) is 2. The van der Waals surface area contributed by atoms with E-state index in [4.69, 9.17) is 17.3 Å². The van der Waals surface area contributed by atoms with Gasteiger partial charge in [0.2, 0.25) is 10.0 Å². The van der Waals surface area contributed by atoms with Crippen LogP contribution in [0.5, 0.6) is 0 Å². The predicted octanol–water partition coefficient (Wildman–Crippen LogP) is 2.39. The highest BCUT2D eigenvalue weighted by Crippen LogP contribution is 2.32. The van der Waals surface area contributed by atoms with Crippen molar-refractivity contribution in [3.8, 4) is 0 Å². The minimum atomic E-state index is -3.66. The lowest BCUT2D eigenvalue weighted by Crippen LogP contribution is -2.27. The van der Waals surface area contributed by atoms with Crippen LogP contribution in [-0.4, -0.2) is 31.3 Å². The summed E-state index contributed by atoms with van der Waals surface area (Å²) in [6.45, 7) is 5.75. The van der Waals surface area contributed by atoms with Crippen LogP contribution < -0.4 is 5.73 Å². The number of fused-ring (bicyclic) bond motifs is 1. The number of hydrogen-bond acceptors (Lipinski definition) is 3. The maximum Gasteiger partial charge on any atom is 0.245 e. The number of rotatable bonds is 4. The van der Waals surface area contributed by atoms with Gasteiger partial charge in [-0.3, -0.25) is 0 Å². The first-order valence-electron chi connectivity index (χ1n) is 6.01. The van der Waals surface area contributed by atoms with Crippen molar-refractivity contribution in [1.82, 2.24) is 9.29 Å². The van der Waals surface area contributed by atoms with E-state index in [2.05, 4.69) is 11.6 Å². The van der Waals surface area contributed by atoms with Crippen LogP contribution in [0.25, 0.3) is 16.6 Å². The topological polar surface area (TPSA) is 79.2 Å². The van der Waals surface area contributed by atoms with Gasteiger partial charge in [-0.25, -0.2) is 12.7 Å². The summed E-state index contributed by atoms with van der Waals surface area (Å²) in [5.74, 6) is 0. The second-order valence-corrected chi connectivity index (χ2v) is 6.88. The van der Waals surface area contributed by atoms with Crippen LogP contribution >= 0.6 is 11.6 Å². The third-order valence-electron chi connectivity index (χ3n) is 3.15. The monoisotopic (exact) mass is 313 g/mol. The van der Waals surface area contributed by atoms with Gasteiger partial charge in [0.25, 0.3) is 0 Å². The smallest absolute Gasteiger partial charge is 0.245 e. The van der Waals surface area contributed by atoms with E-state index in [1.165, 1.54) is 11.4 Å². The number of aromatic amines is 1. The van der Waals surface area contributed by atoms with Gasteiger partial charge in [-0.2, -0.15) is 0 Å². The Morgan fingerprint density at radius 3 is 2.70 bits per heavy atom. The highest BCUT2D eigenvalue weighted by molar-refractivity contribution is 7.89. The molecule has 0 atom stereocenters. The fourth-order valence-electron chi connectivity index (χ4n) is 1.96. The molecule has 0 bridgehead atoms. The summed E-state index contributed by atoms with van der Waals surface area (Å²) < 4.78 is 26.5.